The predicted molar refractivity (Wildman–Crippen MR) is 76.0 cm³/mol. The molecule has 0 aliphatic carbocycles. The summed E-state index contributed by atoms with van der Waals surface area (Å²) in [7, 11) is 1.89. The van der Waals surface area contributed by atoms with Gasteiger partial charge >= 0.3 is 0 Å². The van der Waals surface area contributed by atoms with Gasteiger partial charge in [0.1, 0.15) is 5.82 Å². The van der Waals surface area contributed by atoms with E-state index in [2.05, 4.69) is 10.1 Å². The quantitative estimate of drug-likeness (QED) is 0.382. The van der Waals surface area contributed by atoms with Crippen molar-refractivity contribution in [2.45, 2.75) is 6.92 Å². The van der Waals surface area contributed by atoms with Gasteiger partial charge < -0.3 is 15.8 Å². The molecule has 2 rings (SSSR count). The average molecular weight is 256 g/mol. The van der Waals surface area contributed by atoms with E-state index < -0.39 is 0 Å². The molecule has 0 radical (unpaired) electrons. The molecule has 0 fully saturated rings. The first-order valence-corrected chi connectivity index (χ1v) is 5.88. The van der Waals surface area contributed by atoms with E-state index in [0.717, 1.165) is 11.4 Å². The van der Waals surface area contributed by atoms with Crippen LogP contribution in [0.3, 0.4) is 0 Å². The summed E-state index contributed by atoms with van der Waals surface area (Å²) in [4.78, 5) is 6.38. The van der Waals surface area contributed by atoms with Crippen molar-refractivity contribution < 1.29 is 5.21 Å². The van der Waals surface area contributed by atoms with Crippen molar-refractivity contribution >= 4 is 17.3 Å². The van der Waals surface area contributed by atoms with E-state index in [4.69, 9.17) is 10.9 Å². The lowest BCUT2D eigenvalue weighted by molar-refractivity contribution is 0.318. The number of aromatic nitrogens is 1. The van der Waals surface area contributed by atoms with Crippen molar-refractivity contribution in [1.29, 1.82) is 0 Å². The molecule has 5 nitrogen and oxygen atoms in total. The Morgan fingerprint density at radius 2 is 1.89 bits per heavy atom. The fourth-order valence-electron chi connectivity index (χ4n) is 1.83. The Morgan fingerprint density at radius 1 is 1.21 bits per heavy atom. The van der Waals surface area contributed by atoms with Crippen molar-refractivity contribution in [3.63, 3.8) is 0 Å². The number of aryl methyl sites for hydroxylation is 1. The summed E-state index contributed by atoms with van der Waals surface area (Å²) in [5.41, 5.74) is 8.14. The average Bonchev–Trinajstić information content (AvgIpc) is 2.46. The molecule has 1 aromatic carbocycles. The minimum atomic E-state index is 0.0466. The molecular weight excluding hydrogens is 240 g/mol. The van der Waals surface area contributed by atoms with Crippen LogP contribution in [0.2, 0.25) is 0 Å². The van der Waals surface area contributed by atoms with Crippen molar-refractivity contribution in [2.24, 2.45) is 10.9 Å². The zero-order chi connectivity index (χ0) is 13.8. The van der Waals surface area contributed by atoms with Gasteiger partial charge in [0.2, 0.25) is 0 Å². The molecule has 0 saturated carbocycles. The lowest BCUT2D eigenvalue weighted by atomic mass is 10.2. The van der Waals surface area contributed by atoms with E-state index in [9.17, 15) is 0 Å². The van der Waals surface area contributed by atoms with Gasteiger partial charge in [0, 0.05) is 18.4 Å². The molecule has 0 aliphatic rings. The van der Waals surface area contributed by atoms with E-state index in [1.54, 1.807) is 6.07 Å². The minimum Gasteiger partial charge on any atom is -0.409 e. The number of benzene rings is 1. The Kier molecular flexibility index (Phi) is 3.66. The first-order chi connectivity index (χ1) is 9.13. The summed E-state index contributed by atoms with van der Waals surface area (Å²) < 4.78 is 0. The van der Waals surface area contributed by atoms with Crippen molar-refractivity contribution in [2.75, 3.05) is 11.9 Å². The van der Waals surface area contributed by atoms with Crippen LogP contribution in [0.15, 0.2) is 47.6 Å². The number of pyridine rings is 1. The Labute approximate surface area is 112 Å². The summed E-state index contributed by atoms with van der Waals surface area (Å²) in [6, 6.07) is 13.4. The number of oxime groups is 1. The highest BCUT2D eigenvalue weighted by atomic mass is 16.4. The number of hydrogen-bond donors (Lipinski definition) is 2. The summed E-state index contributed by atoms with van der Waals surface area (Å²) in [6.07, 6.45) is 0. The van der Waals surface area contributed by atoms with E-state index in [1.165, 1.54) is 0 Å². The van der Waals surface area contributed by atoms with Gasteiger partial charge in [-0.1, -0.05) is 23.4 Å². The lowest BCUT2D eigenvalue weighted by Crippen LogP contribution is -2.21. The van der Waals surface area contributed by atoms with E-state index in [-0.39, 0.29) is 5.84 Å². The fourth-order valence-corrected chi connectivity index (χ4v) is 1.83. The number of amidine groups is 1. The summed E-state index contributed by atoms with van der Waals surface area (Å²) >= 11 is 0. The third-order valence-electron chi connectivity index (χ3n) is 2.86. The standard InChI is InChI=1S/C14H16N4O/c1-10-8-9-12(13(15)17-19)14(16-10)18(2)11-6-4-3-5-7-11/h3-9,19H,1-2H3,(H2,15,17). The smallest absolute Gasteiger partial charge is 0.173 e. The second kappa shape index (κ2) is 5.39. The fraction of sp³-hybridized carbons (Fsp3) is 0.143. The molecule has 1 heterocycles. The number of anilines is 2. The van der Waals surface area contributed by atoms with E-state index >= 15 is 0 Å². The van der Waals surface area contributed by atoms with Gasteiger partial charge in [-0.15, -0.1) is 0 Å². The molecule has 0 atom stereocenters. The third-order valence-corrected chi connectivity index (χ3v) is 2.86. The Balaban J connectivity index is 2.52. The molecule has 0 amide bonds. The van der Waals surface area contributed by atoms with Crippen LogP contribution in [-0.2, 0) is 0 Å². The highest BCUT2D eigenvalue weighted by molar-refractivity contribution is 6.02. The lowest BCUT2D eigenvalue weighted by Gasteiger charge is -2.21. The SMILES string of the molecule is Cc1ccc(C(N)=NO)c(N(C)c2ccccc2)n1. The second-order valence-corrected chi connectivity index (χ2v) is 4.20. The van der Waals surface area contributed by atoms with Crippen LogP contribution in [0.1, 0.15) is 11.3 Å². The van der Waals surface area contributed by atoms with Crippen molar-refractivity contribution in [3.05, 3.63) is 53.7 Å². The first kappa shape index (κ1) is 12.9. The first-order valence-electron chi connectivity index (χ1n) is 5.88. The van der Waals surface area contributed by atoms with Gasteiger partial charge in [-0.05, 0) is 31.2 Å². The van der Waals surface area contributed by atoms with Gasteiger partial charge in [-0.3, -0.25) is 0 Å². The number of rotatable bonds is 3. The molecule has 0 unspecified atom stereocenters. The Bertz CT molecular complexity index is 596. The molecular formula is C14H16N4O. The van der Waals surface area contributed by atoms with Crippen LogP contribution in [0.5, 0.6) is 0 Å². The van der Waals surface area contributed by atoms with E-state index in [0.29, 0.717) is 11.4 Å². The number of nitrogens with zero attached hydrogens (tertiary/aromatic N) is 3. The summed E-state index contributed by atoms with van der Waals surface area (Å²) in [5, 5.41) is 11.9. The molecule has 0 saturated heterocycles. The molecule has 19 heavy (non-hydrogen) atoms. The van der Waals surface area contributed by atoms with Gasteiger partial charge in [0.05, 0.1) is 5.56 Å². The largest absolute Gasteiger partial charge is 0.409 e. The molecule has 0 bridgehead atoms. The van der Waals surface area contributed by atoms with Crippen LogP contribution in [0, 0.1) is 6.92 Å². The summed E-state index contributed by atoms with van der Waals surface area (Å²) in [5.74, 6) is 0.701. The highest BCUT2D eigenvalue weighted by Crippen LogP contribution is 2.25. The summed E-state index contributed by atoms with van der Waals surface area (Å²) in [6.45, 7) is 1.90. The van der Waals surface area contributed by atoms with Gasteiger partial charge in [-0.2, -0.15) is 0 Å². The normalized spacial score (nSPS) is 11.4. The molecule has 98 valence electrons. The van der Waals surface area contributed by atoms with Gasteiger partial charge in [0.25, 0.3) is 0 Å². The maximum absolute atomic E-state index is 8.85. The molecule has 0 spiro atoms. The predicted octanol–water partition coefficient (Wildman–Crippen LogP) is 2.25. The van der Waals surface area contributed by atoms with Crippen LogP contribution in [-0.4, -0.2) is 23.1 Å². The van der Waals surface area contributed by atoms with Crippen LogP contribution < -0.4 is 10.6 Å². The monoisotopic (exact) mass is 256 g/mol. The topological polar surface area (TPSA) is 74.7 Å². The maximum atomic E-state index is 8.85. The zero-order valence-corrected chi connectivity index (χ0v) is 10.9. The third kappa shape index (κ3) is 2.65. The van der Waals surface area contributed by atoms with Crippen molar-refractivity contribution in [1.82, 2.24) is 4.98 Å². The van der Waals surface area contributed by atoms with Crippen LogP contribution in [0.4, 0.5) is 11.5 Å². The number of hydrogen-bond acceptors (Lipinski definition) is 4. The number of nitrogens with two attached hydrogens (primary N) is 1. The Morgan fingerprint density at radius 3 is 2.53 bits per heavy atom. The highest BCUT2D eigenvalue weighted by Gasteiger charge is 2.14. The molecule has 5 heteroatoms. The van der Waals surface area contributed by atoms with Gasteiger partial charge in [-0.25, -0.2) is 4.98 Å². The number of para-hydroxylation sites is 1. The zero-order valence-electron chi connectivity index (χ0n) is 10.9. The maximum Gasteiger partial charge on any atom is 0.173 e. The van der Waals surface area contributed by atoms with E-state index in [1.807, 2.05) is 55.3 Å². The van der Waals surface area contributed by atoms with Gasteiger partial charge in [0.15, 0.2) is 5.84 Å². The molecule has 3 N–H and O–H groups in total. The van der Waals surface area contributed by atoms with Crippen LogP contribution in [0.25, 0.3) is 0 Å². The molecule has 0 aliphatic heterocycles. The molecule has 2 aromatic rings. The second-order valence-electron chi connectivity index (χ2n) is 4.20. The molecule has 1 aromatic heterocycles. The minimum absolute atomic E-state index is 0.0466. The van der Waals surface area contributed by atoms with Crippen molar-refractivity contribution in [3.8, 4) is 0 Å². The van der Waals surface area contributed by atoms with Crippen LogP contribution >= 0.6 is 0 Å². The Hall–Kier alpha value is -2.56.